The Bertz CT molecular complexity index is 914. The molecule has 0 unspecified atom stereocenters. The number of alkyl halides is 3. The maximum Gasteiger partial charge on any atom is 0.429 e. The molecule has 0 aromatic heterocycles. The summed E-state index contributed by atoms with van der Waals surface area (Å²) >= 11 is 5.98. The number of carbonyl (C=O) groups is 2. The van der Waals surface area contributed by atoms with Gasteiger partial charge in [-0.2, -0.15) is 13.2 Å². The molecule has 2 rings (SSSR count). The van der Waals surface area contributed by atoms with Crippen LogP contribution in [0.2, 0.25) is 5.02 Å². The second kappa shape index (κ2) is 9.90. The SMILES string of the molecule is COC(=O)[C@H](CCCN=C(N)N)NC(=O)C1=Cc2cc(Cl)cc(C)c2O[C@@H]1C(F)(F)F. The third kappa shape index (κ3) is 6.27. The highest BCUT2D eigenvalue weighted by molar-refractivity contribution is 6.30. The van der Waals surface area contributed by atoms with E-state index in [1.165, 1.54) is 12.1 Å². The lowest BCUT2D eigenvalue weighted by molar-refractivity contribution is -0.185. The number of carbonyl (C=O) groups excluding carboxylic acids is 2. The number of guanidine groups is 1. The molecule has 5 N–H and O–H groups in total. The fourth-order valence-electron chi connectivity index (χ4n) is 3.01. The number of halogens is 4. The summed E-state index contributed by atoms with van der Waals surface area (Å²) in [5.74, 6) is -2.12. The molecule has 12 heteroatoms. The van der Waals surface area contributed by atoms with Crippen LogP contribution in [-0.4, -0.2) is 49.8 Å². The van der Waals surface area contributed by atoms with Gasteiger partial charge in [0.1, 0.15) is 11.8 Å². The van der Waals surface area contributed by atoms with Crippen LogP contribution >= 0.6 is 11.6 Å². The highest BCUT2D eigenvalue weighted by atomic mass is 35.5. The number of esters is 1. The van der Waals surface area contributed by atoms with Crippen LogP contribution in [0.4, 0.5) is 13.2 Å². The van der Waals surface area contributed by atoms with Gasteiger partial charge in [-0.25, -0.2) is 4.79 Å². The Kier molecular flexibility index (Phi) is 7.77. The van der Waals surface area contributed by atoms with E-state index < -0.39 is 35.8 Å². The largest absolute Gasteiger partial charge is 0.475 e. The van der Waals surface area contributed by atoms with Gasteiger partial charge in [0.15, 0.2) is 5.96 Å². The first-order valence-electron chi connectivity index (χ1n) is 9.13. The van der Waals surface area contributed by atoms with E-state index in [2.05, 4.69) is 15.0 Å². The van der Waals surface area contributed by atoms with Crippen LogP contribution in [0.1, 0.15) is 24.0 Å². The van der Waals surface area contributed by atoms with Gasteiger partial charge in [0.25, 0.3) is 5.91 Å². The molecule has 0 radical (unpaired) electrons. The van der Waals surface area contributed by atoms with Crippen LogP contribution in [0.15, 0.2) is 22.7 Å². The van der Waals surface area contributed by atoms with Crippen molar-refractivity contribution < 1.29 is 32.2 Å². The van der Waals surface area contributed by atoms with E-state index in [0.29, 0.717) is 5.56 Å². The van der Waals surface area contributed by atoms with E-state index in [1.54, 1.807) is 6.92 Å². The number of rotatable bonds is 7. The topological polar surface area (TPSA) is 129 Å². The Hall–Kier alpha value is -2.95. The molecular weight excluding hydrogens is 441 g/mol. The quantitative estimate of drug-likeness (QED) is 0.246. The Morgan fingerprint density at radius 2 is 2.03 bits per heavy atom. The van der Waals surface area contributed by atoms with Crippen molar-refractivity contribution in [2.24, 2.45) is 16.5 Å². The third-order valence-electron chi connectivity index (χ3n) is 4.39. The van der Waals surface area contributed by atoms with E-state index in [1.807, 2.05) is 0 Å². The van der Waals surface area contributed by atoms with Crippen molar-refractivity contribution in [3.05, 3.63) is 33.9 Å². The summed E-state index contributed by atoms with van der Waals surface area (Å²) in [5, 5.41) is 2.55. The number of hydrogen-bond donors (Lipinski definition) is 3. The normalized spacial score (nSPS) is 16.3. The van der Waals surface area contributed by atoms with E-state index in [9.17, 15) is 22.8 Å². The predicted molar refractivity (Wildman–Crippen MR) is 108 cm³/mol. The maximum absolute atomic E-state index is 13.6. The first-order valence-corrected chi connectivity index (χ1v) is 9.51. The zero-order chi connectivity index (χ0) is 23.3. The summed E-state index contributed by atoms with van der Waals surface area (Å²) in [7, 11) is 1.10. The van der Waals surface area contributed by atoms with Crippen LogP contribution in [-0.2, 0) is 14.3 Å². The number of nitrogens with zero attached hydrogens (tertiary/aromatic N) is 1. The molecule has 170 valence electrons. The number of fused-ring (bicyclic) bond motifs is 1. The van der Waals surface area contributed by atoms with Gasteiger partial charge in [0.05, 0.1) is 12.7 Å². The fourth-order valence-corrected chi connectivity index (χ4v) is 3.29. The smallest absolute Gasteiger partial charge is 0.429 e. The molecule has 8 nitrogen and oxygen atoms in total. The minimum Gasteiger partial charge on any atom is -0.475 e. The molecule has 0 bridgehead atoms. The summed E-state index contributed by atoms with van der Waals surface area (Å²) in [5.41, 5.74) is 10.3. The lowest BCUT2D eigenvalue weighted by Gasteiger charge is -2.30. The molecule has 1 heterocycles. The molecule has 0 fully saturated rings. The summed E-state index contributed by atoms with van der Waals surface area (Å²) < 4.78 is 50.7. The van der Waals surface area contributed by atoms with E-state index >= 15 is 0 Å². The number of ether oxygens (including phenoxy) is 2. The molecule has 1 aliphatic heterocycles. The van der Waals surface area contributed by atoms with Crippen molar-refractivity contribution >= 4 is 35.5 Å². The fraction of sp³-hybridized carbons (Fsp3) is 0.421. The van der Waals surface area contributed by atoms with E-state index in [4.69, 9.17) is 27.8 Å². The molecule has 1 amide bonds. The summed E-state index contributed by atoms with van der Waals surface area (Å²) in [6.07, 6.45) is -6.02. The molecule has 2 atom stereocenters. The molecule has 0 aliphatic carbocycles. The van der Waals surface area contributed by atoms with E-state index in [-0.39, 0.29) is 41.7 Å². The number of methoxy groups -OCH3 is 1. The van der Waals surface area contributed by atoms with Crippen LogP contribution in [0.5, 0.6) is 5.75 Å². The zero-order valence-corrected chi connectivity index (χ0v) is 17.5. The molecule has 0 saturated heterocycles. The first kappa shape index (κ1) is 24.3. The Labute approximate surface area is 181 Å². The first-order chi connectivity index (χ1) is 14.4. The van der Waals surface area contributed by atoms with Crippen molar-refractivity contribution in [3.63, 3.8) is 0 Å². The Balaban J connectivity index is 2.32. The number of benzene rings is 1. The van der Waals surface area contributed by atoms with Gasteiger partial charge in [-0.15, -0.1) is 0 Å². The van der Waals surface area contributed by atoms with Crippen molar-refractivity contribution in [2.45, 2.75) is 38.1 Å². The predicted octanol–water partition coefficient (Wildman–Crippen LogP) is 2.07. The van der Waals surface area contributed by atoms with Gasteiger partial charge >= 0.3 is 12.1 Å². The van der Waals surface area contributed by atoms with Crippen molar-refractivity contribution in [1.82, 2.24) is 5.32 Å². The van der Waals surface area contributed by atoms with Crippen LogP contribution in [0, 0.1) is 6.92 Å². The molecule has 1 aromatic rings. The maximum atomic E-state index is 13.6. The zero-order valence-electron chi connectivity index (χ0n) is 16.8. The van der Waals surface area contributed by atoms with Crippen molar-refractivity contribution in [3.8, 4) is 5.75 Å². The van der Waals surface area contributed by atoms with Gasteiger partial charge in [-0.05, 0) is 43.5 Å². The van der Waals surface area contributed by atoms with Gasteiger partial charge in [-0.1, -0.05) is 11.6 Å². The van der Waals surface area contributed by atoms with Gasteiger partial charge < -0.3 is 26.3 Å². The average Bonchev–Trinajstić information content (AvgIpc) is 2.67. The third-order valence-corrected chi connectivity index (χ3v) is 4.61. The van der Waals surface area contributed by atoms with Crippen LogP contribution in [0.25, 0.3) is 6.08 Å². The van der Waals surface area contributed by atoms with Crippen molar-refractivity contribution in [1.29, 1.82) is 0 Å². The second-order valence-electron chi connectivity index (χ2n) is 6.78. The molecule has 31 heavy (non-hydrogen) atoms. The lowest BCUT2D eigenvalue weighted by Crippen LogP contribution is -2.48. The summed E-state index contributed by atoms with van der Waals surface area (Å²) in [6.45, 7) is 1.70. The minimum atomic E-state index is -4.87. The van der Waals surface area contributed by atoms with Gasteiger partial charge in [0, 0.05) is 17.1 Å². The summed E-state index contributed by atoms with van der Waals surface area (Å²) in [6, 6.07) is 1.64. The van der Waals surface area contributed by atoms with E-state index in [0.717, 1.165) is 13.2 Å². The lowest BCUT2D eigenvalue weighted by atomic mass is 9.98. The van der Waals surface area contributed by atoms with Gasteiger partial charge in [0.2, 0.25) is 6.10 Å². The Morgan fingerprint density at radius 1 is 1.35 bits per heavy atom. The second-order valence-corrected chi connectivity index (χ2v) is 7.21. The van der Waals surface area contributed by atoms with Gasteiger partial charge in [-0.3, -0.25) is 9.79 Å². The number of nitrogens with two attached hydrogens (primary N) is 2. The molecule has 1 aliphatic rings. The number of aryl methyl sites for hydroxylation is 1. The molecular formula is C19H22ClF3N4O4. The minimum absolute atomic E-state index is 0.0231. The van der Waals surface area contributed by atoms with Crippen LogP contribution in [0.3, 0.4) is 0 Å². The molecule has 1 aromatic carbocycles. The average molecular weight is 463 g/mol. The Morgan fingerprint density at radius 3 is 2.61 bits per heavy atom. The summed E-state index contributed by atoms with van der Waals surface area (Å²) in [4.78, 5) is 28.5. The van der Waals surface area contributed by atoms with Crippen LogP contribution < -0.4 is 21.5 Å². The highest BCUT2D eigenvalue weighted by Gasteiger charge is 2.48. The number of nitrogens with one attached hydrogen (secondary N) is 1. The van der Waals surface area contributed by atoms with Crippen molar-refractivity contribution in [2.75, 3.05) is 13.7 Å². The molecule has 0 spiro atoms. The highest BCUT2D eigenvalue weighted by Crippen LogP contribution is 2.40. The number of aliphatic imine (C=N–C) groups is 1. The number of amides is 1. The molecule has 0 saturated carbocycles. The monoisotopic (exact) mass is 462 g/mol. The standard InChI is InChI=1S/C19H22ClF3N4O4/c1-9-6-11(20)7-10-8-12(15(19(21,22)23)31-14(9)10)16(28)27-13(17(29)30-2)4-3-5-26-18(24)25/h6-8,13,15H,3-5H2,1-2H3,(H,27,28)(H4,24,25,26)/t13-,15-/m0/s1. The number of hydrogen-bond acceptors (Lipinski definition) is 5.